The van der Waals surface area contributed by atoms with Crippen molar-refractivity contribution in [3.8, 4) is 0 Å². The van der Waals surface area contributed by atoms with E-state index in [0.29, 0.717) is 12.1 Å². The third-order valence-corrected chi connectivity index (χ3v) is 5.53. The summed E-state index contributed by atoms with van der Waals surface area (Å²) in [6.45, 7) is 13.6. The highest BCUT2D eigenvalue weighted by molar-refractivity contribution is 5.94. The zero-order chi connectivity index (χ0) is 17.8. The summed E-state index contributed by atoms with van der Waals surface area (Å²) >= 11 is 0. The van der Waals surface area contributed by atoms with E-state index < -0.39 is 0 Å². The Balaban J connectivity index is 1.61. The number of likely N-dealkylation sites (tertiary alicyclic amines) is 1. The van der Waals surface area contributed by atoms with E-state index >= 15 is 0 Å². The first-order valence-corrected chi connectivity index (χ1v) is 9.71. The van der Waals surface area contributed by atoms with Crippen molar-refractivity contribution in [2.45, 2.75) is 39.3 Å². The van der Waals surface area contributed by atoms with Crippen LogP contribution in [0.1, 0.15) is 37.6 Å². The summed E-state index contributed by atoms with van der Waals surface area (Å²) in [6, 6.07) is 9.13. The topological polar surface area (TPSA) is 38.8 Å². The average molecular weight is 345 g/mol. The highest BCUT2D eigenvalue weighted by Gasteiger charge is 2.31. The molecular weight excluding hydrogens is 312 g/mol. The number of carbonyl (C=O) groups excluding carboxylic acids is 1. The molecule has 1 amide bonds. The van der Waals surface area contributed by atoms with Crippen LogP contribution in [-0.2, 0) is 0 Å². The van der Waals surface area contributed by atoms with E-state index in [2.05, 4.69) is 48.0 Å². The monoisotopic (exact) mass is 344 g/mol. The lowest BCUT2D eigenvalue weighted by Crippen LogP contribution is -2.49. The fourth-order valence-electron chi connectivity index (χ4n) is 4.10. The summed E-state index contributed by atoms with van der Waals surface area (Å²) in [5, 5.41) is 3.40. The number of nitrogens with zero attached hydrogens (tertiary/aromatic N) is 3. The van der Waals surface area contributed by atoms with Crippen LogP contribution in [0.5, 0.6) is 0 Å². The molecule has 1 N–H and O–H groups in total. The predicted octanol–water partition coefficient (Wildman–Crippen LogP) is 2.04. The zero-order valence-electron chi connectivity index (χ0n) is 15.9. The molecule has 1 aromatic carbocycles. The molecule has 3 rings (SSSR count). The molecule has 2 aliphatic heterocycles. The number of carbonyl (C=O) groups is 1. The smallest absolute Gasteiger partial charge is 0.253 e. The molecule has 2 fully saturated rings. The van der Waals surface area contributed by atoms with Crippen LogP contribution in [0.4, 0.5) is 5.69 Å². The molecule has 2 heterocycles. The Hall–Kier alpha value is -1.59. The fourth-order valence-corrected chi connectivity index (χ4v) is 4.10. The summed E-state index contributed by atoms with van der Waals surface area (Å²) in [5.41, 5.74) is 2.00. The summed E-state index contributed by atoms with van der Waals surface area (Å²) in [6.07, 6.45) is 1.10. The third kappa shape index (κ3) is 4.15. The number of hydrogen-bond donors (Lipinski definition) is 1. The Bertz CT molecular complexity index is 566. The highest BCUT2D eigenvalue weighted by atomic mass is 16.2. The maximum atomic E-state index is 12.8. The molecule has 2 saturated heterocycles. The van der Waals surface area contributed by atoms with Gasteiger partial charge >= 0.3 is 0 Å². The quantitative estimate of drug-likeness (QED) is 0.887. The molecule has 0 aromatic heterocycles. The van der Waals surface area contributed by atoms with Crippen LogP contribution in [0.3, 0.4) is 0 Å². The molecule has 0 spiro atoms. The minimum Gasteiger partial charge on any atom is -0.369 e. The lowest BCUT2D eigenvalue weighted by molar-refractivity contribution is 0.0773. The molecule has 1 aromatic rings. The van der Waals surface area contributed by atoms with Crippen molar-refractivity contribution in [1.82, 2.24) is 15.1 Å². The van der Waals surface area contributed by atoms with Crippen LogP contribution in [0.2, 0.25) is 0 Å². The van der Waals surface area contributed by atoms with Gasteiger partial charge in [-0.2, -0.15) is 0 Å². The Morgan fingerprint density at radius 3 is 2.48 bits per heavy atom. The third-order valence-electron chi connectivity index (χ3n) is 5.53. The van der Waals surface area contributed by atoms with E-state index in [0.717, 1.165) is 57.8 Å². The van der Waals surface area contributed by atoms with Crippen molar-refractivity contribution >= 4 is 11.6 Å². The van der Waals surface area contributed by atoms with Crippen LogP contribution in [0.15, 0.2) is 24.3 Å². The molecule has 0 radical (unpaired) electrons. The molecule has 0 saturated carbocycles. The first-order chi connectivity index (χ1) is 12.1. The van der Waals surface area contributed by atoms with Crippen molar-refractivity contribution in [2.75, 3.05) is 50.7 Å². The molecule has 1 unspecified atom stereocenters. The van der Waals surface area contributed by atoms with Gasteiger partial charge in [-0.1, -0.05) is 0 Å². The number of anilines is 1. The number of rotatable bonds is 5. The van der Waals surface area contributed by atoms with Crippen molar-refractivity contribution in [2.24, 2.45) is 0 Å². The fraction of sp³-hybridized carbons (Fsp3) is 0.650. The molecule has 25 heavy (non-hydrogen) atoms. The second kappa shape index (κ2) is 8.19. The maximum Gasteiger partial charge on any atom is 0.253 e. The molecule has 5 heteroatoms. The predicted molar refractivity (Wildman–Crippen MR) is 103 cm³/mol. The SMILES string of the molecule is CCN(c1ccc(C(=O)N2CCC(N3CCNCC3)C2)cc1)C(C)C. The molecule has 0 bridgehead atoms. The second-order valence-corrected chi connectivity index (χ2v) is 7.41. The lowest BCUT2D eigenvalue weighted by atomic mass is 10.1. The minimum atomic E-state index is 0.178. The largest absolute Gasteiger partial charge is 0.369 e. The molecular formula is C20H32N4O. The van der Waals surface area contributed by atoms with Gasteiger partial charge in [-0.15, -0.1) is 0 Å². The number of benzene rings is 1. The molecule has 138 valence electrons. The van der Waals surface area contributed by atoms with E-state index in [1.54, 1.807) is 0 Å². The van der Waals surface area contributed by atoms with E-state index in [1.807, 2.05) is 17.0 Å². The normalized spacial score (nSPS) is 21.8. The summed E-state index contributed by atoms with van der Waals surface area (Å²) in [7, 11) is 0. The first-order valence-electron chi connectivity index (χ1n) is 9.71. The van der Waals surface area contributed by atoms with Gasteiger partial charge in [0, 0.05) is 69.1 Å². The summed E-state index contributed by atoms with van der Waals surface area (Å²) < 4.78 is 0. The molecule has 0 aliphatic carbocycles. The van der Waals surface area contributed by atoms with Gasteiger partial charge in [0.1, 0.15) is 0 Å². The van der Waals surface area contributed by atoms with Gasteiger partial charge < -0.3 is 15.1 Å². The number of nitrogens with one attached hydrogen (secondary N) is 1. The molecule has 5 nitrogen and oxygen atoms in total. The van der Waals surface area contributed by atoms with E-state index in [4.69, 9.17) is 0 Å². The highest BCUT2D eigenvalue weighted by Crippen LogP contribution is 2.21. The van der Waals surface area contributed by atoms with Gasteiger partial charge in [-0.3, -0.25) is 9.69 Å². The first kappa shape index (κ1) is 18.2. The van der Waals surface area contributed by atoms with E-state index in [1.165, 1.54) is 5.69 Å². The number of hydrogen-bond acceptors (Lipinski definition) is 4. The summed E-state index contributed by atoms with van der Waals surface area (Å²) in [5.74, 6) is 0.178. The lowest BCUT2D eigenvalue weighted by Gasteiger charge is -2.32. The second-order valence-electron chi connectivity index (χ2n) is 7.41. The summed E-state index contributed by atoms with van der Waals surface area (Å²) in [4.78, 5) is 19.7. The average Bonchev–Trinajstić information content (AvgIpc) is 3.13. The van der Waals surface area contributed by atoms with Gasteiger partial charge in [-0.05, 0) is 51.5 Å². The molecule has 1 atom stereocenters. The van der Waals surface area contributed by atoms with Crippen LogP contribution in [-0.4, -0.2) is 73.6 Å². The Labute approximate surface area is 152 Å². The molecule has 2 aliphatic rings. The van der Waals surface area contributed by atoms with Gasteiger partial charge in [0.2, 0.25) is 0 Å². The number of amides is 1. The van der Waals surface area contributed by atoms with Crippen LogP contribution >= 0.6 is 0 Å². The van der Waals surface area contributed by atoms with Gasteiger partial charge in [0.25, 0.3) is 5.91 Å². The maximum absolute atomic E-state index is 12.8. The Morgan fingerprint density at radius 2 is 1.88 bits per heavy atom. The van der Waals surface area contributed by atoms with Gasteiger partial charge in [-0.25, -0.2) is 0 Å². The Morgan fingerprint density at radius 1 is 1.20 bits per heavy atom. The van der Waals surface area contributed by atoms with Crippen molar-refractivity contribution in [1.29, 1.82) is 0 Å². The van der Waals surface area contributed by atoms with Crippen LogP contribution < -0.4 is 10.2 Å². The van der Waals surface area contributed by atoms with E-state index in [9.17, 15) is 4.79 Å². The van der Waals surface area contributed by atoms with Crippen molar-refractivity contribution in [3.05, 3.63) is 29.8 Å². The number of piperazine rings is 1. The van der Waals surface area contributed by atoms with Crippen LogP contribution in [0.25, 0.3) is 0 Å². The van der Waals surface area contributed by atoms with Crippen molar-refractivity contribution < 1.29 is 4.79 Å². The van der Waals surface area contributed by atoms with Crippen molar-refractivity contribution in [3.63, 3.8) is 0 Å². The standard InChI is InChI=1S/C20H32N4O/c1-4-24(16(2)3)18-7-5-17(6-8-18)20(25)23-12-9-19(15-23)22-13-10-21-11-14-22/h5-8,16,19,21H,4,9-15H2,1-3H3. The van der Waals surface area contributed by atoms with E-state index in [-0.39, 0.29) is 5.91 Å². The zero-order valence-corrected chi connectivity index (χ0v) is 15.9. The Kier molecular flexibility index (Phi) is 5.97. The van der Waals surface area contributed by atoms with Gasteiger partial charge in [0.05, 0.1) is 0 Å². The minimum absolute atomic E-state index is 0.178. The van der Waals surface area contributed by atoms with Crippen LogP contribution in [0, 0.1) is 0 Å². The van der Waals surface area contributed by atoms with Gasteiger partial charge in [0.15, 0.2) is 0 Å².